The highest BCUT2D eigenvalue weighted by atomic mass is 32.1. The third-order valence-corrected chi connectivity index (χ3v) is 2.56. The zero-order chi connectivity index (χ0) is 10.0. The van der Waals surface area contributed by atoms with Crippen LogP contribution in [0, 0.1) is 0 Å². The lowest BCUT2D eigenvalue weighted by molar-refractivity contribution is -0.125. The first-order valence-corrected chi connectivity index (χ1v) is 4.74. The summed E-state index contributed by atoms with van der Waals surface area (Å²) in [4.78, 5) is 13.6. The van der Waals surface area contributed by atoms with Gasteiger partial charge in [-0.2, -0.15) is 0 Å². The second-order valence-electron chi connectivity index (χ2n) is 3.48. The van der Waals surface area contributed by atoms with Gasteiger partial charge in [-0.15, -0.1) is 0 Å². The van der Waals surface area contributed by atoms with Gasteiger partial charge in [-0.1, -0.05) is 12.2 Å². The van der Waals surface area contributed by atoms with Crippen molar-refractivity contribution in [1.29, 1.82) is 0 Å². The highest BCUT2D eigenvalue weighted by Gasteiger charge is 2.26. The number of hydrogen-bond acceptors (Lipinski definition) is 3. The summed E-state index contributed by atoms with van der Waals surface area (Å²) in [6.07, 6.45) is 0. The van der Waals surface area contributed by atoms with Crippen LogP contribution in [-0.4, -0.2) is 41.0 Å². The lowest BCUT2D eigenvalue weighted by Gasteiger charge is -2.34. The van der Waals surface area contributed by atoms with E-state index in [0.717, 1.165) is 6.54 Å². The number of nitrogens with zero attached hydrogens (tertiary/aromatic N) is 1. The summed E-state index contributed by atoms with van der Waals surface area (Å²) in [5, 5.41) is 2.84. The first-order chi connectivity index (χ1) is 6.00. The highest BCUT2D eigenvalue weighted by molar-refractivity contribution is 7.80. The number of thiocarbonyl (C=S) groups is 1. The largest absolute Gasteiger partial charge is 0.392 e. The number of nitrogens with one attached hydrogen (secondary N) is 1. The van der Waals surface area contributed by atoms with Crippen molar-refractivity contribution < 1.29 is 4.79 Å². The molecule has 0 spiro atoms. The van der Waals surface area contributed by atoms with Crippen LogP contribution in [0.1, 0.15) is 13.8 Å². The summed E-state index contributed by atoms with van der Waals surface area (Å²) in [7, 11) is 0. The van der Waals surface area contributed by atoms with E-state index in [1.807, 2.05) is 18.7 Å². The van der Waals surface area contributed by atoms with E-state index in [0.29, 0.717) is 11.5 Å². The molecule has 3 N–H and O–H groups in total. The molecular formula is C8H15N3OS. The summed E-state index contributed by atoms with van der Waals surface area (Å²) < 4.78 is 0. The van der Waals surface area contributed by atoms with Crippen LogP contribution in [0.25, 0.3) is 0 Å². The predicted octanol–water partition coefficient (Wildman–Crippen LogP) is -0.519. The molecule has 1 amide bonds. The van der Waals surface area contributed by atoms with Crippen molar-refractivity contribution >= 4 is 23.1 Å². The van der Waals surface area contributed by atoms with Gasteiger partial charge in [0.15, 0.2) is 0 Å². The van der Waals surface area contributed by atoms with E-state index in [4.69, 9.17) is 18.0 Å². The van der Waals surface area contributed by atoms with Crippen LogP contribution < -0.4 is 11.1 Å². The van der Waals surface area contributed by atoms with Crippen LogP contribution in [0.5, 0.6) is 0 Å². The fourth-order valence-electron chi connectivity index (χ4n) is 1.44. The van der Waals surface area contributed by atoms with Gasteiger partial charge in [-0.25, -0.2) is 0 Å². The Morgan fingerprint density at radius 3 is 2.92 bits per heavy atom. The minimum Gasteiger partial charge on any atom is -0.392 e. The topological polar surface area (TPSA) is 58.4 Å². The Balaban J connectivity index is 2.59. The van der Waals surface area contributed by atoms with Gasteiger partial charge in [0.25, 0.3) is 0 Å². The molecule has 74 valence electrons. The first kappa shape index (κ1) is 10.4. The van der Waals surface area contributed by atoms with Gasteiger partial charge >= 0.3 is 0 Å². The van der Waals surface area contributed by atoms with Crippen molar-refractivity contribution in [2.45, 2.75) is 25.9 Å². The van der Waals surface area contributed by atoms with Gasteiger partial charge < -0.3 is 11.1 Å². The third kappa shape index (κ3) is 2.63. The lowest BCUT2D eigenvalue weighted by atomic mass is 10.2. The van der Waals surface area contributed by atoms with E-state index in [2.05, 4.69) is 5.32 Å². The molecule has 1 heterocycles. The lowest BCUT2D eigenvalue weighted by Crippen LogP contribution is -2.57. The standard InChI is InChI=1S/C8H15N3OS/c1-5-3-11(4-7(12)10-5)6(2)8(9)13/h5-6H,3-4H2,1-2H3,(H2,9,13)(H,10,12). The number of rotatable bonds is 2. The summed E-state index contributed by atoms with van der Waals surface area (Å²) in [6, 6.07) is 0.182. The molecule has 0 aromatic heterocycles. The average molecular weight is 201 g/mol. The molecule has 0 bridgehead atoms. The van der Waals surface area contributed by atoms with Crippen LogP contribution in [0.4, 0.5) is 0 Å². The van der Waals surface area contributed by atoms with E-state index < -0.39 is 0 Å². The van der Waals surface area contributed by atoms with Crippen molar-refractivity contribution in [2.75, 3.05) is 13.1 Å². The maximum Gasteiger partial charge on any atom is 0.234 e. The van der Waals surface area contributed by atoms with Crippen molar-refractivity contribution in [3.05, 3.63) is 0 Å². The van der Waals surface area contributed by atoms with E-state index in [1.165, 1.54) is 0 Å². The highest BCUT2D eigenvalue weighted by Crippen LogP contribution is 2.05. The zero-order valence-electron chi connectivity index (χ0n) is 7.91. The Kier molecular flexibility index (Phi) is 3.22. The molecule has 0 radical (unpaired) electrons. The van der Waals surface area contributed by atoms with Gasteiger partial charge in [0.2, 0.25) is 5.91 Å². The molecule has 2 atom stereocenters. The van der Waals surface area contributed by atoms with Crippen molar-refractivity contribution in [3.63, 3.8) is 0 Å². The predicted molar refractivity (Wildman–Crippen MR) is 55.4 cm³/mol. The number of piperazine rings is 1. The molecule has 13 heavy (non-hydrogen) atoms. The summed E-state index contributed by atoms with van der Waals surface area (Å²) in [5.74, 6) is 0.0434. The second-order valence-corrected chi connectivity index (χ2v) is 3.95. The molecule has 1 aliphatic rings. The van der Waals surface area contributed by atoms with Gasteiger partial charge in [0.1, 0.15) is 0 Å². The minimum absolute atomic E-state index is 0.00324. The van der Waals surface area contributed by atoms with Crippen molar-refractivity contribution in [2.24, 2.45) is 5.73 Å². The molecule has 0 saturated carbocycles. The van der Waals surface area contributed by atoms with Gasteiger partial charge in [0.05, 0.1) is 17.6 Å². The molecule has 0 aromatic carbocycles. The van der Waals surface area contributed by atoms with Crippen LogP contribution in [0.15, 0.2) is 0 Å². The molecule has 2 unspecified atom stereocenters. The molecule has 1 saturated heterocycles. The minimum atomic E-state index is 0.00324. The molecule has 0 aliphatic carbocycles. The van der Waals surface area contributed by atoms with Crippen LogP contribution in [0.3, 0.4) is 0 Å². The van der Waals surface area contributed by atoms with Crippen LogP contribution in [-0.2, 0) is 4.79 Å². The number of nitrogens with two attached hydrogens (primary N) is 1. The quantitative estimate of drug-likeness (QED) is 0.590. The van der Waals surface area contributed by atoms with Gasteiger partial charge in [-0.3, -0.25) is 9.69 Å². The number of carbonyl (C=O) groups excluding carboxylic acids is 1. The average Bonchev–Trinajstić information content (AvgIpc) is 2.01. The normalized spacial score (nSPS) is 26.6. The number of carbonyl (C=O) groups is 1. The maximum atomic E-state index is 11.2. The van der Waals surface area contributed by atoms with Gasteiger partial charge in [0, 0.05) is 12.6 Å². The SMILES string of the molecule is CC1CN(C(C)C(N)=S)CC(=O)N1. The molecule has 4 nitrogen and oxygen atoms in total. The molecule has 1 aliphatic heterocycles. The number of amides is 1. The Bertz CT molecular complexity index is 231. The van der Waals surface area contributed by atoms with E-state index in [-0.39, 0.29) is 18.0 Å². The maximum absolute atomic E-state index is 11.2. The van der Waals surface area contributed by atoms with E-state index >= 15 is 0 Å². The third-order valence-electron chi connectivity index (χ3n) is 2.22. The van der Waals surface area contributed by atoms with Crippen LogP contribution in [0.2, 0.25) is 0 Å². The Labute approximate surface area is 83.5 Å². The molecule has 1 rings (SSSR count). The first-order valence-electron chi connectivity index (χ1n) is 4.33. The van der Waals surface area contributed by atoms with Crippen molar-refractivity contribution in [3.8, 4) is 0 Å². The summed E-state index contributed by atoms with van der Waals surface area (Å²) >= 11 is 4.88. The molecule has 0 aromatic rings. The smallest absolute Gasteiger partial charge is 0.234 e. The van der Waals surface area contributed by atoms with Gasteiger partial charge in [-0.05, 0) is 13.8 Å². The fourth-order valence-corrected chi connectivity index (χ4v) is 1.59. The molecular weight excluding hydrogens is 186 g/mol. The second kappa shape index (κ2) is 4.02. The van der Waals surface area contributed by atoms with E-state index in [9.17, 15) is 4.79 Å². The summed E-state index contributed by atoms with van der Waals surface area (Å²) in [6.45, 7) is 5.09. The Morgan fingerprint density at radius 1 is 1.85 bits per heavy atom. The Hall–Kier alpha value is -0.680. The zero-order valence-corrected chi connectivity index (χ0v) is 8.73. The Morgan fingerprint density at radius 2 is 2.46 bits per heavy atom. The molecule has 5 heteroatoms. The fraction of sp³-hybridized carbons (Fsp3) is 0.750. The van der Waals surface area contributed by atoms with Crippen molar-refractivity contribution in [1.82, 2.24) is 10.2 Å². The number of hydrogen-bond donors (Lipinski definition) is 2. The molecule has 1 fully saturated rings. The summed E-state index contributed by atoms with van der Waals surface area (Å²) in [5.41, 5.74) is 5.52. The monoisotopic (exact) mass is 201 g/mol. The van der Waals surface area contributed by atoms with Crippen LogP contribution >= 0.6 is 12.2 Å². The van der Waals surface area contributed by atoms with E-state index in [1.54, 1.807) is 0 Å².